The van der Waals surface area contributed by atoms with Crippen LogP contribution < -0.4 is 26.2 Å². The van der Waals surface area contributed by atoms with E-state index in [9.17, 15) is 0 Å². The van der Waals surface area contributed by atoms with Gasteiger partial charge in [0.05, 0.1) is 0 Å². The fraction of sp³-hybridized carbons (Fsp3) is 0.357. The molecule has 0 unspecified atom stereocenters. The molecule has 0 aromatic heterocycles. The Bertz CT molecular complexity index is 2860. The monoisotopic (exact) mass is 776 g/mol. The summed E-state index contributed by atoms with van der Waals surface area (Å²) in [5.74, 6) is 0. The van der Waals surface area contributed by atoms with Crippen molar-refractivity contribution >= 4 is 57.2 Å². The van der Waals surface area contributed by atoms with Crippen molar-refractivity contribution in [3.63, 3.8) is 0 Å². The summed E-state index contributed by atoms with van der Waals surface area (Å²) in [4.78, 5) is 4.85. The van der Waals surface area contributed by atoms with E-state index < -0.39 is 6.85 Å². The van der Waals surface area contributed by atoms with E-state index in [-0.39, 0.29) is 33.8 Å². The van der Waals surface area contributed by atoms with Crippen molar-refractivity contribution in [1.29, 1.82) is 0 Å². The fourth-order valence-electron chi connectivity index (χ4n) is 12.3. The summed E-state index contributed by atoms with van der Waals surface area (Å²) in [6.07, 6.45) is 2.13. The number of nitrogens with zero attached hydrogens (tertiary/aromatic N) is 2. The normalized spacial score (nSPS) is 19.5. The van der Waals surface area contributed by atoms with Crippen LogP contribution in [0, 0.1) is 13.8 Å². The molecular formula is C56H61BN2. The highest BCUT2D eigenvalue weighted by Crippen LogP contribution is 2.55. The first-order valence-corrected chi connectivity index (χ1v) is 21.8. The van der Waals surface area contributed by atoms with Gasteiger partial charge in [-0.1, -0.05) is 137 Å². The van der Waals surface area contributed by atoms with Gasteiger partial charge in [-0.25, -0.2) is 0 Å². The predicted molar refractivity (Wildman–Crippen MR) is 255 cm³/mol. The predicted octanol–water partition coefficient (Wildman–Crippen LogP) is 13.3. The number of anilines is 6. The van der Waals surface area contributed by atoms with E-state index in [1.54, 1.807) is 0 Å². The van der Waals surface area contributed by atoms with Crippen LogP contribution in [0.15, 0.2) is 109 Å². The van der Waals surface area contributed by atoms with Crippen LogP contribution in [0.25, 0.3) is 11.1 Å². The second-order valence-corrected chi connectivity index (χ2v) is 22.0. The highest BCUT2D eigenvalue weighted by atomic mass is 15.2. The molecule has 10 rings (SSSR count). The van der Waals surface area contributed by atoms with E-state index >= 15 is 0 Å². The van der Waals surface area contributed by atoms with Crippen LogP contribution in [-0.2, 0) is 27.1 Å². The molecule has 0 fully saturated rings. The van der Waals surface area contributed by atoms with Crippen molar-refractivity contribution in [3.8, 4) is 11.1 Å². The number of fused-ring (bicyclic) bond motifs is 6. The van der Waals surface area contributed by atoms with Crippen LogP contribution in [0.4, 0.5) is 34.1 Å². The Morgan fingerprint density at radius 3 is 1.78 bits per heavy atom. The Balaban J connectivity index is 1.33. The number of aryl methyl sites for hydroxylation is 2. The molecule has 59 heavy (non-hydrogen) atoms. The molecule has 6 aromatic carbocycles. The Morgan fingerprint density at radius 1 is 0.525 bits per heavy atom. The van der Waals surface area contributed by atoms with Gasteiger partial charge in [-0.15, -0.1) is 0 Å². The maximum Gasteiger partial charge on any atom is 0.252 e. The van der Waals surface area contributed by atoms with Gasteiger partial charge in [0.2, 0.25) is 0 Å². The molecule has 298 valence electrons. The largest absolute Gasteiger partial charge is 0.311 e. The van der Waals surface area contributed by atoms with Crippen LogP contribution in [0.1, 0.15) is 132 Å². The maximum atomic E-state index is 9.03. The molecule has 0 bridgehead atoms. The van der Waals surface area contributed by atoms with E-state index in [0.29, 0.717) is 5.56 Å². The molecule has 0 N–H and O–H groups in total. The zero-order valence-electron chi connectivity index (χ0n) is 40.3. The summed E-state index contributed by atoms with van der Waals surface area (Å²) in [7, 11) is 0. The first-order chi connectivity index (χ1) is 28.9. The Hall–Kier alpha value is -5.02. The summed E-state index contributed by atoms with van der Waals surface area (Å²) in [5.41, 5.74) is 20.5. The van der Waals surface area contributed by atoms with Gasteiger partial charge in [-0.3, -0.25) is 0 Å². The molecule has 0 amide bonds. The lowest BCUT2D eigenvalue weighted by atomic mass is 9.33. The fourth-order valence-corrected chi connectivity index (χ4v) is 12.3. The second kappa shape index (κ2) is 12.3. The number of hydrogen-bond acceptors (Lipinski definition) is 2. The van der Waals surface area contributed by atoms with Gasteiger partial charge < -0.3 is 9.80 Å². The van der Waals surface area contributed by atoms with Gasteiger partial charge in [0.15, 0.2) is 0 Å². The number of hydrogen-bond donors (Lipinski definition) is 0. The average Bonchev–Trinajstić information content (AvgIpc) is 3.49. The lowest BCUT2D eigenvalue weighted by molar-refractivity contribution is 0.403. The van der Waals surface area contributed by atoms with Crippen molar-refractivity contribution in [2.75, 3.05) is 9.80 Å². The quantitative estimate of drug-likeness (QED) is 0.165. The minimum atomic E-state index is -2.34. The van der Waals surface area contributed by atoms with Crippen molar-refractivity contribution in [1.82, 2.24) is 0 Å². The van der Waals surface area contributed by atoms with Gasteiger partial charge >= 0.3 is 0 Å². The van der Waals surface area contributed by atoms with E-state index in [0.717, 1.165) is 63.6 Å². The Morgan fingerprint density at radius 2 is 1.14 bits per heavy atom. The summed E-state index contributed by atoms with van der Waals surface area (Å²) in [6, 6.07) is 40.6. The zero-order chi connectivity index (χ0) is 44.3. The smallest absolute Gasteiger partial charge is 0.252 e. The molecule has 4 aliphatic rings. The van der Waals surface area contributed by atoms with E-state index in [1.807, 2.05) is 12.1 Å². The SMILES string of the molecule is [2H]C([2H])([2H])c1cc2c3c(c1)N(c1ccc(-c4ccccc4)cc1C)c1cc(C(C)(C)C)ccc1B3c1cc3c(cc1N2c1ccc2c(c1)C(C)(C)CC2(C)C)C(C)(C)CC3(C)C. The van der Waals surface area contributed by atoms with Gasteiger partial charge in [-0.05, 0) is 169 Å². The molecule has 0 spiro atoms. The maximum absolute atomic E-state index is 9.03. The lowest BCUT2D eigenvalue weighted by Crippen LogP contribution is -2.61. The van der Waals surface area contributed by atoms with Crippen molar-refractivity contribution in [2.45, 2.75) is 130 Å². The summed E-state index contributed by atoms with van der Waals surface area (Å²) >= 11 is 0. The molecule has 2 aliphatic carbocycles. The number of benzene rings is 6. The van der Waals surface area contributed by atoms with E-state index in [2.05, 4.69) is 190 Å². The molecule has 0 saturated heterocycles. The molecular weight excluding hydrogens is 711 g/mol. The third-order valence-electron chi connectivity index (χ3n) is 14.6. The molecule has 2 heterocycles. The first-order valence-electron chi connectivity index (χ1n) is 23.3. The highest BCUT2D eigenvalue weighted by molar-refractivity contribution is 7.00. The molecule has 0 saturated carbocycles. The molecule has 0 atom stereocenters. The zero-order valence-corrected chi connectivity index (χ0v) is 37.3. The van der Waals surface area contributed by atoms with Crippen LogP contribution in [0.2, 0.25) is 0 Å². The van der Waals surface area contributed by atoms with E-state index in [4.69, 9.17) is 4.11 Å². The third kappa shape index (κ3) is 5.66. The van der Waals surface area contributed by atoms with Crippen LogP contribution in [-0.4, -0.2) is 6.71 Å². The molecule has 3 heteroatoms. The third-order valence-corrected chi connectivity index (χ3v) is 14.6. The van der Waals surface area contributed by atoms with E-state index in [1.165, 1.54) is 44.3 Å². The summed E-state index contributed by atoms with van der Waals surface area (Å²) in [5, 5.41) is 0. The number of rotatable bonds is 3. The van der Waals surface area contributed by atoms with Crippen LogP contribution >= 0.6 is 0 Å². The molecule has 6 aromatic rings. The molecule has 0 radical (unpaired) electrons. The van der Waals surface area contributed by atoms with Crippen molar-refractivity contribution < 1.29 is 4.11 Å². The Labute approximate surface area is 359 Å². The van der Waals surface area contributed by atoms with Crippen LogP contribution in [0.3, 0.4) is 0 Å². The highest BCUT2D eigenvalue weighted by Gasteiger charge is 2.49. The van der Waals surface area contributed by atoms with Gasteiger partial charge in [0, 0.05) is 38.2 Å². The summed E-state index contributed by atoms with van der Waals surface area (Å²) < 4.78 is 27.1. The minimum Gasteiger partial charge on any atom is -0.311 e. The van der Waals surface area contributed by atoms with Crippen LogP contribution in [0.5, 0.6) is 0 Å². The topological polar surface area (TPSA) is 6.48 Å². The second-order valence-electron chi connectivity index (χ2n) is 22.0. The first kappa shape index (κ1) is 34.8. The van der Waals surface area contributed by atoms with Crippen molar-refractivity contribution in [2.24, 2.45) is 0 Å². The van der Waals surface area contributed by atoms with Crippen molar-refractivity contribution in [3.05, 3.63) is 148 Å². The lowest BCUT2D eigenvalue weighted by Gasteiger charge is -2.45. The molecule has 2 nitrogen and oxygen atoms in total. The standard InChI is InChI=1S/C56H61BN2/c1-34-25-49-51-50(26-34)59(46-24-19-37(27-35(46)2)36-17-15-14-16-18-36)47-28-38(52(3,4)5)20-23-44(47)57(51)45-30-42-43(56(12,13)33-55(42,10)11)31-48(45)58(49)39-21-22-40-41(29-39)54(8,9)32-53(40,6)7/h14-31H,32-33H2,1-13H3/i1D3. The van der Waals surface area contributed by atoms with Gasteiger partial charge in [-0.2, -0.15) is 0 Å². The minimum absolute atomic E-state index is 0.00662. The molecule has 2 aliphatic heterocycles. The van der Waals surface area contributed by atoms with Gasteiger partial charge in [0.25, 0.3) is 6.71 Å². The van der Waals surface area contributed by atoms with Gasteiger partial charge in [0.1, 0.15) is 0 Å². The Kier molecular flexibility index (Phi) is 7.24. The average molecular weight is 776 g/mol. The summed E-state index contributed by atoms with van der Waals surface area (Å²) in [6.45, 7) is 25.7.